The van der Waals surface area contributed by atoms with Crippen molar-refractivity contribution < 1.29 is 23.1 Å². The summed E-state index contributed by atoms with van der Waals surface area (Å²) in [5.41, 5.74) is -2.31. The molecule has 1 amide bonds. The molecule has 0 N–H and O–H groups in total. The van der Waals surface area contributed by atoms with E-state index in [4.69, 9.17) is 4.74 Å². The van der Waals surface area contributed by atoms with Crippen LogP contribution in [0.1, 0.15) is 27.2 Å². The summed E-state index contributed by atoms with van der Waals surface area (Å²) in [4.78, 5) is 24.2. The van der Waals surface area contributed by atoms with Gasteiger partial charge in [0.05, 0.1) is 6.54 Å². The summed E-state index contributed by atoms with van der Waals surface area (Å²) < 4.78 is 31.3. The highest BCUT2D eigenvalue weighted by Crippen LogP contribution is 2.63. The van der Waals surface area contributed by atoms with E-state index in [-0.39, 0.29) is 13.1 Å². The Kier molecular flexibility index (Phi) is 2.29. The first-order valence-corrected chi connectivity index (χ1v) is 5.46. The van der Waals surface area contributed by atoms with Crippen LogP contribution < -0.4 is 0 Å². The summed E-state index contributed by atoms with van der Waals surface area (Å²) in [5.74, 6) is -3.52. The minimum atomic E-state index is -2.96. The molecule has 0 aromatic heterocycles. The minimum Gasteiger partial charge on any atom is -0.444 e. The third-order valence-electron chi connectivity index (χ3n) is 3.08. The Morgan fingerprint density at radius 1 is 1.41 bits per heavy atom. The van der Waals surface area contributed by atoms with Crippen LogP contribution in [0.15, 0.2) is 0 Å². The number of amides is 1. The smallest absolute Gasteiger partial charge is 0.410 e. The summed E-state index contributed by atoms with van der Waals surface area (Å²) in [6.07, 6.45) is -1.15. The van der Waals surface area contributed by atoms with Crippen LogP contribution in [-0.2, 0) is 9.53 Å². The van der Waals surface area contributed by atoms with Gasteiger partial charge in [0.1, 0.15) is 11.0 Å². The van der Waals surface area contributed by atoms with E-state index in [0.29, 0.717) is 0 Å². The number of halogens is 2. The van der Waals surface area contributed by atoms with Gasteiger partial charge in [0, 0.05) is 13.0 Å². The molecule has 0 bridgehead atoms. The number of ketones is 1. The molecule has 1 atom stereocenters. The molecule has 96 valence electrons. The third-order valence-corrected chi connectivity index (χ3v) is 3.08. The number of ether oxygens (including phenoxy) is 1. The fraction of sp³-hybridized carbons (Fsp3) is 0.818. The lowest BCUT2D eigenvalue weighted by Crippen LogP contribution is -2.36. The van der Waals surface area contributed by atoms with Crippen LogP contribution in [0.2, 0.25) is 0 Å². The Labute approximate surface area is 97.9 Å². The number of nitrogens with zero attached hydrogens (tertiary/aromatic N) is 1. The summed E-state index contributed by atoms with van der Waals surface area (Å²) in [5, 5.41) is 0. The van der Waals surface area contributed by atoms with Gasteiger partial charge in [-0.15, -0.1) is 0 Å². The van der Waals surface area contributed by atoms with E-state index in [1.165, 1.54) is 0 Å². The lowest BCUT2D eigenvalue weighted by molar-refractivity contribution is -0.123. The zero-order chi connectivity index (χ0) is 13.1. The second-order valence-corrected chi connectivity index (χ2v) is 5.72. The molecular formula is C11H15F2NO3. The van der Waals surface area contributed by atoms with E-state index >= 15 is 0 Å². The van der Waals surface area contributed by atoms with Gasteiger partial charge in [0.15, 0.2) is 5.78 Å². The number of alkyl halides is 2. The third kappa shape index (κ3) is 1.89. The summed E-state index contributed by atoms with van der Waals surface area (Å²) in [7, 11) is 0. The molecule has 6 heteroatoms. The molecular weight excluding hydrogens is 232 g/mol. The lowest BCUT2D eigenvalue weighted by atomic mass is 10.1. The van der Waals surface area contributed by atoms with Crippen LogP contribution in [0.3, 0.4) is 0 Å². The molecule has 1 saturated heterocycles. The van der Waals surface area contributed by atoms with Gasteiger partial charge in [0.25, 0.3) is 5.92 Å². The van der Waals surface area contributed by atoms with Gasteiger partial charge >= 0.3 is 6.09 Å². The molecule has 1 spiro atoms. The Morgan fingerprint density at radius 3 is 2.29 bits per heavy atom. The first kappa shape index (κ1) is 12.3. The molecule has 2 aliphatic rings. The quantitative estimate of drug-likeness (QED) is 0.656. The summed E-state index contributed by atoms with van der Waals surface area (Å²) >= 11 is 0. The maximum absolute atomic E-state index is 13.1. The van der Waals surface area contributed by atoms with Crippen molar-refractivity contribution in [2.24, 2.45) is 5.41 Å². The van der Waals surface area contributed by atoms with Crippen molar-refractivity contribution in [3.05, 3.63) is 0 Å². The molecule has 1 aliphatic heterocycles. The highest BCUT2D eigenvalue weighted by molar-refractivity contribution is 5.96. The first-order valence-electron chi connectivity index (χ1n) is 5.46. The molecule has 4 nitrogen and oxygen atoms in total. The monoisotopic (exact) mass is 247 g/mol. The normalized spacial score (nSPS) is 30.9. The van der Waals surface area contributed by atoms with Gasteiger partial charge < -0.3 is 4.74 Å². The predicted octanol–water partition coefficient (Wildman–Crippen LogP) is 1.83. The summed E-state index contributed by atoms with van der Waals surface area (Å²) in [6, 6.07) is 0. The molecule has 17 heavy (non-hydrogen) atoms. The fourth-order valence-electron chi connectivity index (χ4n) is 2.06. The zero-order valence-electron chi connectivity index (χ0n) is 10.0. The Bertz CT molecular complexity index is 389. The van der Waals surface area contributed by atoms with E-state index in [1.54, 1.807) is 20.8 Å². The van der Waals surface area contributed by atoms with E-state index < -0.39 is 35.2 Å². The molecule has 0 radical (unpaired) electrons. The van der Waals surface area contributed by atoms with Crippen molar-refractivity contribution in [1.82, 2.24) is 4.90 Å². The van der Waals surface area contributed by atoms with Crippen LogP contribution in [0.5, 0.6) is 0 Å². The van der Waals surface area contributed by atoms with Crippen molar-refractivity contribution in [3.8, 4) is 0 Å². The highest BCUT2D eigenvalue weighted by Gasteiger charge is 2.78. The van der Waals surface area contributed by atoms with Crippen LogP contribution in [0.4, 0.5) is 13.6 Å². The number of Topliss-reactive ketones (excluding diaryl/α,β-unsaturated/α-hetero) is 1. The second-order valence-electron chi connectivity index (χ2n) is 5.72. The molecule has 1 heterocycles. The fourth-order valence-corrected chi connectivity index (χ4v) is 2.06. The van der Waals surface area contributed by atoms with Crippen LogP contribution in [0, 0.1) is 5.41 Å². The lowest BCUT2D eigenvalue weighted by Gasteiger charge is -2.23. The van der Waals surface area contributed by atoms with E-state index in [0.717, 1.165) is 4.90 Å². The molecule has 1 unspecified atom stereocenters. The van der Waals surface area contributed by atoms with Crippen LogP contribution in [0.25, 0.3) is 0 Å². The molecule has 2 fully saturated rings. The predicted molar refractivity (Wildman–Crippen MR) is 54.8 cm³/mol. The maximum atomic E-state index is 13.1. The van der Waals surface area contributed by atoms with Gasteiger partial charge in [-0.2, -0.15) is 0 Å². The average Bonchev–Trinajstić information content (AvgIpc) is 2.45. The highest BCUT2D eigenvalue weighted by atomic mass is 19.3. The minimum absolute atomic E-state index is 0.228. The molecule has 0 aromatic rings. The number of likely N-dealkylation sites (tertiary alicyclic amines) is 1. The topological polar surface area (TPSA) is 46.6 Å². The SMILES string of the molecule is CC(C)(C)OC(=O)N1CC(=O)C2(C1)CC2(F)F. The number of hydrogen-bond acceptors (Lipinski definition) is 3. The van der Waals surface area contributed by atoms with E-state index in [9.17, 15) is 18.4 Å². The number of carbonyl (C=O) groups excluding carboxylic acids is 2. The Hall–Kier alpha value is -1.20. The molecule has 2 rings (SSSR count). The second kappa shape index (κ2) is 3.17. The Balaban J connectivity index is 2.04. The van der Waals surface area contributed by atoms with Gasteiger partial charge in [0.2, 0.25) is 0 Å². The van der Waals surface area contributed by atoms with Crippen LogP contribution >= 0.6 is 0 Å². The number of hydrogen-bond donors (Lipinski definition) is 0. The maximum Gasteiger partial charge on any atom is 0.410 e. The van der Waals surface area contributed by atoms with Crippen LogP contribution in [-0.4, -0.2) is 41.4 Å². The Morgan fingerprint density at radius 2 is 1.94 bits per heavy atom. The molecule has 1 saturated carbocycles. The van der Waals surface area contributed by atoms with Gasteiger partial charge in [-0.05, 0) is 20.8 Å². The number of carbonyl (C=O) groups is 2. The van der Waals surface area contributed by atoms with Crippen molar-refractivity contribution in [3.63, 3.8) is 0 Å². The van der Waals surface area contributed by atoms with Crippen molar-refractivity contribution in [2.75, 3.05) is 13.1 Å². The summed E-state index contributed by atoms with van der Waals surface area (Å²) in [6.45, 7) is 4.55. The molecule has 1 aliphatic carbocycles. The largest absolute Gasteiger partial charge is 0.444 e. The van der Waals surface area contributed by atoms with Crippen molar-refractivity contribution in [1.29, 1.82) is 0 Å². The van der Waals surface area contributed by atoms with Gasteiger partial charge in [-0.1, -0.05) is 0 Å². The van der Waals surface area contributed by atoms with Gasteiger partial charge in [-0.25, -0.2) is 13.6 Å². The van der Waals surface area contributed by atoms with Crippen molar-refractivity contribution >= 4 is 11.9 Å². The van der Waals surface area contributed by atoms with E-state index in [1.807, 2.05) is 0 Å². The standard InChI is InChI=1S/C11H15F2NO3/c1-9(2,3)17-8(16)14-4-7(15)10(6-14)5-11(10,12)13/h4-6H2,1-3H3. The number of rotatable bonds is 0. The molecule has 0 aromatic carbocycles. The van der Waals surface area contributed by atoms with Crippen molar-refractivity contribution in [2.45, 2.75) is 38.7 Å². The average molecular weight is 247 g/mol. The van der Waals surface area contributed by atoms with Gasteiger partial charge in [-0.3, -0.25) is 9.69 Å². The van der Waals surface area contributed by atoms with E-state index in [2.05, 4.69) is 0 Å². The zero-order valence-corrected chi connectivity index (χ0v) is 10.0. The first-order chi connectivity index (χ1) is 7.57.